The minimum Gasteiger partial charge on any atom is -0.394 e. The zero-order valence-electron chi connectivity index (χ0n) is 14.7. The third kappa shape index (κ3) is 2.77. The fourth-order valence-electron chi connectivity index (χ4n) is 3.43. The summed E-state index contributed by atoms with van der Waals surface area (Å²) in [5, 5.41) is 31.0. The molecule has 1 saturated heterocycles. The molecule has 3 heterocycles. The second kappa shape index (κ2) is 6.92. The van der Waals surface area contributed by atoms with Crippen LogP contribution >= 0.6 is 0 Å². The number of rotatable bonds is 5. The van der Waals surface area contributed by atoms with Crippen LogP contribution < -0.4 is 11.2 Å². The first kappa shape index (κ1) is 18.7. The number of nitrogens with zero attached hydrogens (tertiary/aromatic N) is 3. The molecular formula is C17H23N3O6. The maximum atomic E-state index is 12.6. The number of aliphatic hydroxyl groups is 3. The Bertz CT molecular complexity index is 923. The van der Waals surface area contributed by atoms with E-state index in [-0.39, 0.29) is 17.6 Å². The number of fused-ring (bicyclic) bond motifs is 1. The van der Waals surface area contributed by atoms with Gasteiger partial charge in [-0.15, -0.1) is 0 Å². The van der Waals surface area contributed by atoms with Crippen molar-refractivity contribution in [2.45, 2.75) is 57.3 Å². The molecule has 9 nitrogen and oxygen atoms in total. The highest BCUT2D eigenvalue weighted by molar-refractivity contribution is 5.73. The van der Waals surface area contributed by atoms with Crippen molar-refractivity contribution in [3.63, 3.8) is 0 Å². The first-order valence-corrected chi connectivity index (χ1v) is 8.66. The highest BCUT2D eigenvalue weighted by Gasteiger charge is 2.55. The number of aryl methyl sites for hydroxylation is 1. The van der Waals surface area contributed by atoms with Crippen LogP contribution in [0.4, 0.5) is 0 Å². The van der Waals surface area contributed by atoms with Crippen LogP contribution in [0, 0.1) is 0 Å². The monoisotopic (exact) mass is 365 g/mol. The minimum atomic E-state index is -1.75. The van der Waals surface area contributed by atoms with E-state index in [9.17, 15) is 24.9 Å². The molecule has 0 amide bonds. The van der Waals surface area contributed by atoms with Crippen LogP contribution in [-0.2, 0) is 11.3 Å². The normalized spacial score (nSPS) is 28.7. The molecule has 0 saturated carbocycles. The summed E-state index contributed by atoms with van der Waals surface area (Å²) in [5.74, 6) is 0. The third-order valence-electron chi connectivity index (χ3n) is 4.93. The lowest BCUT2D eigenvalue weighted by Gasteiger charge is -2.30. The number of ether oxygens (including phenoxy) is 1. The Labute approximate surface area is 149 Å². The van der Waals surface area contributed by atoms with E-state index in [1.807, 2.05) is 6.92 Å². The van der Waals surface area contributed by atoms with Crippen LogP contribution in [0.1, 0.15) is 32.9 Å². The van der Waals surface area contributed by atoms with E-state index in [0.717, 1.165) is 4.57 Å². The molecule has 3 rings (SSSR count). The fraction of sp³-hybridized carbons (Fsp3) is 0.588. The molecule has 2 aromatic heterocycles. The van der Waals surface area contributed by atoms with Gasteiger partial charge in [0.1, 0.15) is 23.5 Å². The maximum absolute atomic E-state index is 12.6. The van der Waals surface area contributed by atoms with Gasteiger partial charge in [0, 0.05) is 24.2 Å². The van der Waals surface area contributed by atoms with Crippen LogP contribution in [0.15, 0.2) is 27.9 Å². The fourth-order valence-corrected chi connectivity index (χ4v) is 3.43. The van der Waals surface area contributed by atoms with E-state index >= 15 is 0 Å². The Morgan fingerprint density at radius 2 is 2.04 bits per heavy atom. The van der Waals surface area contributed by atoms with Gasteiger partial charge in [-0.3, -0.25) is 13.9 Å². The van der Waals surface area contributed by atoms with Crippen LogP contribution in [0.25, 0.3) is 11.0 Å². The van der Waals surface area contributed by atoms with Crippen LogP contribution in [0.5, 0.6) is 0 Å². The van der Waals surface area contributed by atoms with E-state index in [4.69, 9.17) is 4.74 Å². The second-order valence-corrected chi connectivity index (χ2v) is 6.53. The van der Waals surface area contributed by atoms with Gasteiger partial charge in [-0.25, -0.2) is 4.79 Å². The standard InChI is InChI=1S/C17H23N3O6/c1-3-7-19-12(22)6-5-10-8-20(16(24)18-14(10)19)15-17(25,4-2)13(23)11(9-21)26-15/h5-6,8,11,13,15,21,23,25H,3-4,7,9H2,1-2H3/t11-,13-,15-,17-/m1/s1. The molecule has 142 valence electrons. The van der Waals surface area contributed by atoms with Crippen LogP contribution in [0.3, 0.4) is 0 Å². The van der Waals surface area contributed by atoms with Crippen molar-refractivity contribution >= 4 is 11.0 Å². The number of aromatic nitrogens is 3. The summed E-state index contributed by atoms with van der Waals surface area (Å²) >= 11 is 0. The summed E-state index contributed by atoms with van der Waals surface area (Å²) in [6.45, 7) is 3.50. The second-order valence-electron chi connectivity index (χ2n) is 6.53. The first-order valence-electron chi connectivity index (χ1n) is 8.66. The topological polar surface area (TPSA) is 127 Å². The molecule has 26 heavy (non-hydrogen) atoms. The van der Waals surface area contributed by atoms with Gasteiger partial charge in [-0.05, 0) is 18.9 Å². The lowest BCUT2D eigenvalue weighted by atomic mass is 9.91. The predicted octanol–water partition coefficient (Wildman–Crippen LogP) is -0.640. The summed E-state index contributed by atoms with van der Waals surface area (Å²) in [5.41, 5.74) is -2.44. The van der Waals surface area contributed by atoms with Gasteiger partial charge >= 0.3 is 5.69 Å². The molecule has 3 N–H and O–H groups in total. The molecule has 0 spiro atoms. The number of pyridine rings is 1. The number of hydrogen-bond acceptors (Lipinski definition) is 7. The van der Waals surface area contributed by atoms with Crippen molar-refractivity contribution < 1.29 is 20.1 Å². The van der Waals surface area contributed by atoms with Crippen molar-refractivity contribution in [3.05, 3.63) is 39.2 Å². The van der Waals surface area contributed by atoms with Gasteiger partial charge in [0.2, 0.25) is 0 Å². The Kier molecular flexibility index (Phi) is 4.98. The van der Waals surface area contributed by atoms with Crippen LogP contribution in [0.2, 0.25) is 0 Å². The molecule has 2 aromatic rings. The molecule has 1 fully saturated rings. The van der Waals surface area contributed by atoms with Gasteiger partial charge in [0.15, 0.2) is 6.23 Å². The van der Waals surface area contributed by atoms with E-state index in [0.29, 0.717) is 18.4 Å². The molecule has 1 aliphatic heterocycles. The molecule has 0 unspecified atom stereocenters. The van der Waals surface area contributed by atoms with Gasteiger partial charge in [0.05, 0.1) is 6.61 Å². The predicted molar refractivity (Wildman–Crippen MR) is 92.8 cm³/mol. The minimum absolute atomic E-state index is 0.106. The third-order valence-corrected chi connectivity index (χ3v) is 4.93. The van der Waals surface area contributed by atoms with E-state index in [1.165, 1.54) is 16.8 Å². The Morgan fingerprint density at radius 3 is 2.65 bits per heavy atom. The lowest BCUT2D eigenvalue weighted by molar-refractivity contribution is -0.112. The summed E-state index contributed by atoms with van der Waals surface area (Å²) < 4.78 is 8.08. The molecular weight excluding hydrogens is 342 g/mol. The highest BCUT2D eigenvalue weighted by Crippen LogP contribution is 2.40. The average Bonchev–Trinajstić information content (AvgIpc) is 2.89. The Hall–Kier alpha value is -2.07. The maximum Gasteiger partial charge on any atom is 0.351 e. The quantitative estimate of drug-likeness (QED) is 0.643. The molecule has 0 aromatic carbocycles. The molecule has 9 heteroatoms. The Balaban J connectivity index is 2.17. The van der Waals surface area contributed by atoms with Gasteiger partial charge in [-0.1, -0.05) is 13.8 Å². The van der Waals surface area contributed by atoms with E-state index in [2.05, 4.69) is 4.98 Å². The van der Waals surface area contributed by atoms with Gasteiger partial charge in [-0.2, -0.15) is 4.98 Å². The van der Waals surface area contributed by atoms with Crippen molar-refractivity contribution in [1.82, 2.24) is 14.1 Å². The van der Waals surface area contributed by atoms with Crippen molar-refractivity contribution in [3.8, 4) is 0 Å². The molecule has 0 bridgehead atoms. The molecule has 4 atom stereocenters. The first-order chi connectivity index (χ1) is 12.4. The highest BCUT2D eigenvalue weighted by atomic mass is 16.6. The van der Waals surface area contributed by atoms with Crippen molar-refractivity contribution in [2.24, 2.45) is 0 Å². The van der Waals surface area contributed by atoms with Crippen LogP contribution in [-0.4, -0.2) is 53.9 Å². The van der Waals surface area contributed by atoms with Gasteiger partial charge in [0.25, 0.3) is 5.56 Å². The summed E-state index contributed by atoms with van der Waals surface area (Å²) in [4.78, 5) is 28.6. The lowest BCUT2D eigenvalue weighted by Crippen LogP contribution is -2.48. The van der Waals surface area contributed by atoms with E-state index in [1.54, 1.807) is 13.0 Å². The Morgan fingerprint density at radius 1 is 1.31 bits per heavy atom. The SMILES string of the molecule is CCCn1c(=O)ccc2cn([C@@H]3O[C@H](CO)[C@@H](O)[C@]3(O)CC)c(=O)nc21. The molecule has 0 radical (unpaired) electrons. The molecule has 1 aliphatic rings. The summed E-state index contributed by atoms with van der Waals surface area (Å²) in [6.07, 6.45) is -1.30. The smallest absolute Gasteiger partial charge is 0.351 e. The summed E-state index contributed by atoms with van der Waals surface area (Å²) in [6, 6.07) is 2.94. The number of aliphatic hydroxyl groups excluding tert-OH is 2. The zero-order chi connectivity index (χ0) is 19.1. The average molecular weight is 365 g/mol. The summed E-state index contributed by atoms with van der Waals surface area (Å²) in [7, 11) is 0. The zero-order valence-corrected chi connectivity index (χ0v) is 14.7. The van der Waals surface area contributed by atoms with Gasteiger partial charge < -0.3 is 20.1 Å². The van der Waals surface area contributed by atoms with E-state index < -0.39 is 36.3 Å². The molecule has 0 aliphatic carbocycles. The van der Waals surface area contributed by atoms with Crippen molar-refractivity contribution in [2.75, 3.05) is 6.61 Å². The van der Waals surface area contributed by atoms with Crippen molar-refractivity contribution in [1.29, 1.82) is 0 Å². The number of hydrogen-bond donors (Lipinski definition) is 3. The largest absolute Gasteiger partial charge is 0.394 e.